The van der Waals surface area contributed by atoms with E-state index in [4.69, 9.17) is 10.2 Å². The fraction of sp³-hybridized carbons (Fsp3) is 0.857. The van der Waals surface area contributed by atoms with Crippen LogP contribution in [0.2, 0.25) is 0 Å². The summed E-state index contributed by atoms with van der Waals surface area (Å²) in [5, 5.41) is 22.6. The molecule has 5 nitrogen and oxygen atoms in total. The third-order valence-electron chi connectivity index (χ3n) is 1.49. The highest BCUT2D eigenvalue weighted by atomic mass is 16.3. The smallest absolute Gasteiger partial charge is 0.239 e. The lowest BCUT2D eigenvalue weighted by Crippen LogP contribution is -2.49. The molecule has 0 heterocycles. The number of rotatable bonds is 5. The van der Waals surface area contributed by atoms with Gasteiger partial charge in [0.1, 0.15) is 6.04 Å². The Morgan fingerprint density at radius 1 is 1.58 bits per heavy atom. The fourth-order valence-electron chi connectivity index (χ4n) is 0.880. The average Bonchev–Trinajstić information content (AvgIpc) is 2.01. The minimum Gasteiger partial charge on any atom is -0.395 e. The number of carbonyl (C=O) groups excluding carboxylic acids is 1. The van der Waals surface area contributed by atoms with Crippen molar-refractivity contribution in [3.8, 4) is 0 Å². The lowest BCUT2D eigenvalue weighted by atomic mass is 10.2. The van der Waals surface area contributed by atoms with Crippen molar-refractivity contribution in [1.29, 1.82) is 0 Å². The Labute approximate surface area is 71.8 Å². The topological polar surface area (TPSA) is 81.6 Å². The van der Waals surface area contributed by atoms with E-state index in [-0.39, 0.29) is 19.1 Å². The monoisotopic (exact) mass is 176 g/mol. The molecule has 0 aromatic rings. The maximum Gasteiger partial charge on any atom is 0.239 e. The van der Waals surface area contributed by atoms with Crippen molar-refractivity contribution in [2.24, 2.45) is 0 Å². The number of hydrogen-bond acceptors (Lipinski definition) is 4. The highest BCUT2D eigenvalue weighted by Gasteiger charge is 2.20. The van der Waals surface area contributed by atoms with Gasteiger partial charge in [-0.2, -0.15) is 0 Å². The van der Waals surface area contributed by atoms with Crippen LogP contribution in [0.1, 0.15) is 6.92 Å². The predicted molar refractivity (Wildman–Crippen MR) is 44.6 cm³/mol. The second-order valence-electron chi connectivity index (χ2n) is 2.52. The van der Waals surface area contributed by atoms with Crippen molar-refractivity contribution in [3.05, 3.63) is 0 Å². The van der Waals surface area contributed by atoms with Crippen LogP contribution in [0, 0.1) is 0 Å². The first-order valence-corrected chi connectivity index (χ1v) is 3.87. The van der Waals surface area contributed by atoms with Crippen molar-refractivity contribution >= 4 is 5.91 Å². The van der Waals surface area contributed by atoms with Crippen LogP contribution < -0.4 is 10.6 Å². The average molecular weight is 176 g/mol. The molecule has 2 unspecified atom stereocenters. The molecule has 0 radical (unpaired) electrons. The summed E-state index contributed by atoms with van der Waals surface area (Å²) in [6, 6.07) is -0.614. The highest BCUT2D eigenvalue weighted by Crippen LogP contribution is 1.90. The van der Waals surface area contributed by atoms with Crippen molar-refractivity contribution in [2.75, 3.05) is 20.2 Å². The van der Waals surface area contributed by atoms with Gasteiger partial charge < -0.3 is 20.8 Å². The number of likely N-dealkylation sites (N-methyl/N-ethyl adjacent to an activating group) is 1. The van der Waals surface area contributed by atoms with E-state index in [1.54, 1.807) is 7.05 Å². The van der Waals surface area contributed by atoms with Gasteiger partial charge in [0.15, 0.2) is 0 Å². The van der Waals surface area contributed by atoms with Gasteiger partial charge in [-0.1, -0.05) is 0 Å². The summed E-state index contributed by atoms with van der Waals surface area (Å²) in [7, 11) is 1.59. The first-order valence-electron chi connectivity index (χ1n) is 3.87. The summed E-state index contributed by atoms with van der Waals surface area (Å²) in [6.07, 6.45) is -0.742. The maximum atomic E-state index is 11.1. The first kappa shape index (κ1) is 11.4. The Balaban J connectivity index is 3.86. The lowest BCUT2D eigenvalue weighted by Gasteiger charge is -2.17. The van der Waals surface area contributed by atoms with Gasteiger partial charge in [0.05, 0.1) is 12.7 Å². The van der Waals surface area contributed by atoms with E-state index < -0.39 is 12.1 Å². The number of hydrogen-bond donors (Lipinski definition) is 4. The van der Waals surface area contributed by atoms with Gasteiger partial charge >= 0.3 is 0 Å². The first-order chi connectivity index (χ1) is 5.63. The molecule has 0 aliphatic rings. The molecule has 4 N–H and O–H groups in total. The van der Waals surface area contributed by atoms with Gasteiger partial charge in [-0.05, 0) is 14.0 Å². The number of aliphatic hydroxyl groups excluding tert-OH is 2. The molecule has 2 atom stereocenters. The standard InChI is InChI=1S/C7H16N2O3/c1-5(11)6(8-2)7(12)9-3-4-10/h5-6,8,10-11H,3-4H2,1-2H3,(H,9,12). The molecule has 0 bridgehead atoms. The zero-order valence-corrected chi connectivity index (χ0v) is 7.37. The SMILES string of the molecule is CNC(C(=O)NCCO)C(C)O. The molecule has 0 saturated heterocycles. The Morgan fingerprint density at radius 2 is 2.17 bits per heavy atom. The van der Waals surface area contributed by atoms with Crippen LogP contribution in [0.25, 0.3) is 0 Å². The van der Waals surface area contributed by atoms with Crippen LogP contribution >= 0.6 is 0 Å². The molecule has 0 spiro atoms. The van der Waals surface area contributed by atoms with Crippen LogP contribution in [0.15, 0.2) is 0 Å². The van der Waals surface area contributed by atoms with Gasteiger partial charge in [-0.3, -0.25) is 4.79 Å². The molecule has 0 aliphatic carbocycles. The van der Waals surface area contributed by atoms with Crippen molar-refractivity contribution in [1.82, 2.24) is 10.6 Å². The van der Waals surface area contributed by atoms with E-state index in [2.05, 4.69) is 10.6 Å². The molecule has 0 aliphatic heterocycles. The van der Waals surface area contributed by atoms with E-state index in [9.17, 15) is 4.79 Å². The molecule has 0 saturated carbocycles. The summed E-state index contributed by atoms with van der Waals surface area (Å²) in [5.74, 6) is -0.304. The van der Waals surface area contributed by atoms with Gasteiger partial charge in [-0.15, -0.1) is 0 Å². The molecular formula is C7H16N2O3. The third-order valence-corrected chi connectivity index (χ3v) is 1.49. The molecule has 0 rings (SSSR count). The van der Waals surface area contributed by atoms with Crippen LogP contribution in [0.5, 0.6) is 0 Å². The van der Waals surface area contributed by atoms with Crippen LogP contribution in [-0.2, 0) is 4.79 Å². The quantitative estimate of drug-likeness (QED) is 0.393. The maximum absolute atomic E-state index is 11.1. The van der Waals surface area contributed by atoms with Crippen LogP contribution in [0.3, 0.4) is 0 Å². The van der Waals surface area contributed by atoms with E-state index in [0.717, 1.165) is 0 Å². The molecule has 72 valence electrons. The van der Waals surface area contributed by atoms with Crippen molar-refractivity contribution < 1.29 is 15.0 Å². The Hall–Kier alpha value is -0.650. The number of aliphatic hydroxyl groups is 2. The van der Waals surface area contributed by atoms with Crippen molar-refractivity contribution in [3.63, 3.8) is 0 Å². The largest absolute Gasteiger partial charge is 0.395 e. The molecular weight excluding hydrogens is 160 g/mol. The molecule has 0 fully saturated rings. The Kier molecular flexibility index (Phi) is 5.61. The number of nitrogens with one attached hydrogen (secondary N) is 2. The summed E-state index contributed by atoms with van der Waals surface area (Å²) in [4.78, 5) is 11.1. The fourth-order valence-corrected chi connectivity index (χ4v) is 0.880. The van der Waals surface area contributed by atoms with Crippen LogP contribution in [-0.4, -0.2) is 48.5 Å². The van der Waals surface area contributed by atoms with Crippen LogP contribution in [0.4, 0.5) is 0 Å². The zero-order chi connectivity index (χ0) is 9.56. The highest BCUT2D eigenvalue weighted by molar-refractivity contribution is 5.82. The second kappa shape index (κ2) is 5.93. The minimum atomic E-state index is -0.742. The number of amides is 1. The Bertz CT molecular complexity index is 139. The van der Waals surface area contributed by atoms with E-state index >= 15 is 0 Å². The number of carbonyl (C=O) groups is 1. The molecule has 5 heteroatoms. The molecule has 1 amide bonds. The molecule has 12 heavy (non-hydrogen) atoms. The molecule has 0 aromatic carbocycles. The summed E-state index contributed by atoms with van der Waals surface area (Å²) < 4.78 is 0. The lowest BCUT2D eigenvalue weighted by molar-refractivity contribution is -0.125. The van der Waals surface area contributed by atoms with Crippen molar-refractivity contribution in [2.45, 2.75) is 19.1 Å². The summed E-state index contributed by atoms with van der Waals surface area (Å²) in [5.41, 5.74) is 0. The van der Waals surface area contributed by atoms with Gasteiger partial charge in [0, 0.05) is 6.54 Å². The minimum absolute atomic E-state index is 0.0953. The van der Waals surface area contributed by atoms with E-state index in [1.165, 1.54) is 6.92 Å². The predicted octanol–water partition coefficient (Wildman–Crippen LogP) is -1.94. The zero-order valence-electron chi connectivity index (χ0n) is 7.37. The normalized spacial score (nSPS) is 15.3. The third kappa shape index (κ3) is 3.66. The Morgan fingerprint density at radius 3 is 2.50 bits per heavy atom. The van der Waals surface area contributed by atoms with E-state index in [1.807, 2.05) is 0 Å². The second-order valence-corrected chi connectivity index (χ2v) is 2.52. The van der Waals surface area contributed by atoms with Gasteiger partial charge in [0.25, 0.3) is 0 Å². The van der Waals surface area contributed by atoms with Gasteiger partial charge in [0.2, 0.25) is 5.91 Å². The molecule has 0 aromatic heterocycles. The summed E-state index contributed by atoms with van der Waals surface area (Å²) >= 11 is 0. The van der Waals surface area contributed by atoms with Gasteiger partial charge in [-0.25, -0.2) is 0 Å². The van der Waals surface area contributed by atoms with E-state index in [0.29, 0.717) is 0 Å². The summed E-state index contributed by atoms with van der Waals surface area (Å²) in [6.45, 7) is 1.64.